The molecule has 23 heavy (non-hydrogen) atoms. The molecule has 6 heteroatoms. The molecule has 120 valence electrons. The Morgan fingerprint density at radius 2 is 2.09 bits per heavy atom. The summed E-state index contributed by atoms with van der Waals surface area (Å²) in [7, 11) is 2.10. The molecule has 2 heterocycles. The van der Waals surface area contributed by atoms with Gasteiger partial charge in [0.05, 0.1) is 29.2 Å². The molecular weight excluding hydrogens is 310 g/mol. The lowest BCUT2D eigenvalue weighted by atomic mass is 10.1. The van der Waals surface area contributed by atoms with Gasteiger partial charge in [-0.2, -0.15) is 10.2 Å². The Morgan fingerprint density at radius 1 is 1.30 bits per heavy atom. The van der Waals surface area contributed by atoms with Gasteiger partial charge in [-0.05, 0) is 20.0 Å². The van der Waals surface area contributed by atoms with Crippen molar-refractivity contribution in [2.75, 3.05) is 13.6 Å². The molecule has 3 aromatic rings. The molecule has 0 amide bonds. The van der Waals surface area contributed by atoms with Gasteiger partial charge in [-0.3, -0.25) is 14.7 Å². The molecule has 0 aliphatic heterocycles. The number of aromatic nitrogens is 4. The highest BCUT2D eigenvalue weighted by molar-refractivity contribution is 6.30. The van der Waals surface area contributed by atoms with Gasteiger partial charge in [0.2, 0.25) is 0 Å². The van der Waals surface area contributed by atoms with Crippen LogP contribution in [0.1, 0.15) is 18.7 Å². The molecule has 0 radical (unpaired) electrons. The van der Waals surface area contributed by atoms with Crippen molar-refractivity contribution in [3.63, 3.8) is 0 Å². The summed E-state index contributed by atoms with van der Waals surface area (Å²) >= 11 is 5.88. The molecule has 5 nitrogen and oxygen atoms in total. The van der Waals surface area contributed by atoms with E-state index in [9.17, 15) is 0 Å². The highest BCUT2D eigenvalue weighted by atomic mass is 35.5. The molecular formula is C17H20ClN5. The Bertz CT molecular complexity index is 749. The van der Waals surface area contributed by atoms with Gasteiger partial charge in [-0.1, -0.05) is 41.9 Å². The van der Waals surface area contributed by atoms with Gasteiger partial charge >= 0.3 is 0 Å². The minimum Gasteiger partial charge on any atom is -0.296 e. The van der Waals surface area contributed by atoms with E-state index in [0.717, 1.165) is 30.0 Å². The summed E-state index contributed by atoms with van der Waals surface area (Å²) in [4.78, 5) is 2.26. The van der Waals surface area contributed by atoms with Crippen LogP contribution in [-0.4, -0.2) is 38.5 Å². The Morgan fingerprint density at radius 3 is 2.78 bits per heavy atom. The topological polar surface area (TPSA) is 49.7 Å². The van der Waals surface area contributed by atoms with Gasteiger partial charge in [0.1, 0.15) is 0 Å². The van der Waals surface area contributed by atoms with Crippen LogP contribution in [0, 0.1) is 0 Å². The van der Waals surface area contributed by atoms with Gasteiger partial charge in [-0.15, -0.1) is 0 Å². The van der Waals surface area contributed by atoms with Crippen LogP contribution in [0.25, 0.3) is 11.3 Å². The van der Waals surface area contributed by atoms with Crippen molar-refractivity contribution >= 4 is 11.6 Å². The number of likely N-dealkylation sites (N-methyl/N-ethyl adjacent to an activating group) is 1. The maximum Gasteiger partial charge on any atom is 0.0924 e. The average molecular weight is 330 g/mol. The van der Waals surface area contributed by atoms with Crippen LogP contribution in [0.5, 0.6) is 0 Å². The summed E-state index contributed by atoms with van der Waals surface area (Å²) in [6, 6.07) is 12.5. The SMILES string of the molecule is CC(c1cc(-c2ccccc2)n[nH]1)N(C)CCn1cc(Cl)cn1. The van der Waals surface area contributed by atoms with Crippen molar-refractivity contribution in [2.24, 2.45) is 0 Å². The standard InChI is InChI=1S/C17H20ClN5/c1-13(22(2)8-9-23-12-15(18)11-19-23)16-10-17(21-20-16)14-6-4-3-5-7-14/h3-7,10-13H,8-9H2,1-2H3,(H,20,21). The summed E-state index contributed by atoms with van der Waals surface area (Å²) < 4.78 is 1.86. The van der Waals surface area contributed by atoms with Crippen LogP contribution in [0.3, 0.4) is 0 Å². The summed E-state index contributed by atoms with van der Waals surface area (Å²) in [6.07, 6.45) is 3.50. The number of hydrogen-bond donors (Lipinski definition) is 1. The van der Waals surface area contributed by atoms with E-state index in [1.54, 1.807) is 6.20 Å². The number of aromatic amines is 1. The number of rotatable bonds is 6. The molecule has 0 saturated heterocycles. The number of H-pyrrole nitrogens is 1. The van der Waals surface area contributed by atoms with Gasteiger partial charge < -0.3 is 0 Å². The summed E-state index contributed by atoms with van der Waals surface area (Å²) in [5, 5.41) is 12.4. The third-order valence-corrected chi connectivity index (χ3v) is 4.26. The third-order valence-electron chi connectivity index (χ3n) is 4.06. The molecule has 0 bridgehead atoms. The maximum absolute atomic E-state index is 5.88. The lowest BCUT2D eigenvalue weighted by Gasteiger charge is -2.23. The molecule has 0 saturated carbocycles. The first kappa shape index (κ1) is 15.8. The highest BCUT2D eigenvalue weighted by Crippen LogP contribution is 2.22. The van der Waals surface area contributed by atoms with E-state index in [1.165, 1.54) is 0 Å². The fraction of sp³-hybridized carbons (Fsp3) is 0.294. The lowest BCUT2D eigenvalue weighted by Crippen LogP contribution is -2.26. The van der Waals surface area contributed by atoms with E-state index in [-0.39, 0.29) is 6.04 Å². The summed E-state index contributed by atoms with van der Waals surface area (Å²) in [5.41, 5.74) is 3.19. The number of benzene rings is 1. The van der Waals surface area contributed by atoms with Crippen LogP contribution in [0.15, 0.2) is 48.8 Å². The Hall–Kier alpha value is -2.11. The molecule has 1 unspecified atom stereocenters. The summed E-state index contributed by atoms with van der Waals surface area (Å²) in [5.74, 6) is 0. The van der Waals surface area contributed by atoms with E-state index in [4.69, 9.17) is 11.6 Å². The first-order valence-electron chi connectivity index (χ1n) is 7.62. The highest BCUT2D eigenvalue weighted by Gasteiger charge is 2.15. The Balaban J connectivity index is 1.63. The number of nitrogens with zero attached hydrogens (tertiary/aromatic N) is 4. The predicted octanol–water partition coefficient (Wildman–Crippen LogP) is 3.62. The summed E-state index contributed by atoms with van der Waals surface area (Å²) in [6.45, 7) is 3.84. The number of halogens is 1. The monoisotopic (exact) mass is 329 g/mol. The number of nitrogens with one attached hydrogen (secondary N) is 1. The van der Waals surface area contributed by atoms with Crippen molar-refractivity contribution in [3.8, 4) is 11.3 Å². The van der Waals surface area contributed by atoms with Gasteiger partial charge in [-0.25, -0.2) is 0 Å². The van der Waals surface area contributed by atoms with Gasteiger partial charge in [0.25, 0.3) is 0 Å². The van der Waals surface area contributed by atoms with Crippen molar-refractivity contribution in [3.05, 3.63) is 59.5 Å². The van der Waals surface area contributed by atoms with Gasteiger partial charge in [0.15, 0.2) is 0 Å². The normalized spacial score (nSPS) is 12.7. The second kappa shape index (κ2) is 6.98. The zero-order valence-corrected chi connectivity index (χ0v) is 14.0. The van der Waals surface area contributed by atoms with Crippen LogP contribution in [-0.2, 0) is 6.54 Å². The average Bonchev–Trinajstić information content (AvgIpc) is 3.22. The minimum atomic E-state index is 0.242. The molecule has 0 aliphatic carbocycles. The molecule has 0 spiro atoms. The van der Waals surface area contributed by atoms with E-state index >= 15 is 0 Å². The minimum absolute atomic E-state index is 0.242. The molecule has 0 fully saturated rings. The quantitative estimate of drug-likeness (QED) is 0.751. The van der Waals surface area contributed by atoms with Crippen LogP contribution < -0.4 is 0 Å². The van der Waals surface area contributed by atoms with Crippen molar-refractivity contribution in [2.45, 2.75) is 19.5 Å². The Labute approximate surface area is 140 Å². The van der Waals surface area contributed by atoms with Gasteiger partial charge in [0, 0.05) is 24.3 Å². The van der Waals surface area contributed by atoms with E-state index < -0.39 is 0 Å². The predicted molar refractivity (Wildman–Crippen MR) is 92.3 cm³/mol. The van der Waals surface area contributed by atoms with Crippen molar-refractivity contribution in [1.29, 1.82) is 0 Å². The van der Waals surface area contributed by atoms with Crippen LogP contribution in [0.2, 0.25) is 5.02 Å². The molecule has 3 rings (SSSR count). The van der Waals surface area contributed by atoms with Crippen LogP contribution >= 0.6 is 11.6 Å². The first-order valence-corrected chi connectivity index (χ1v) is 8.00. The van der Waals surface area contributed by atoms with E-state index in [1.807, 2.05) is 29.1 Å². The largest absolute Gasteiger partial charge is 0.296 e. The third kappa shape index (κ3) is 3.81. The van der Waals surface area contributed by atoms with E-state index in [0.29, 0.717) is 5.02 Å². The smallest absolute Gasteiger partial charge is 0.0924 e. The van der Waals surface area contributed by atoms with E-state index in [2.05, 4.69) is 52.4 Å². The fourth-order valence-corrected chi connectivity index (χ4v) is 2.62. The molecule has 0 aliphatic rings. The van der Waals surface area contributed by atoms with Crippen LogP contribution in [0.4, 0.5) is 0 Å². The fourth-order valence-electron chi connectivity index (χ4n) is 2.46. The Kier molecular flexibility index (Phi) is 4.79. The zero-order chi connectivity index (χ0) is 16.2. The van der Waals surface area contributed by atoms with Crippen molar-refractivity contribution < 1.29 is 0 Å². The second-order valence-corrected chi connectivity index (χ2v) is 6.09. The number of hydrogen-bond acceptors (Lipinski definition) is 3. The van der Waals surface area contributed by atoms with Crippen molar-refractivity contribution in [1.82, 2.24) is 24.9 Å². The maximum atomic E-state index is 5.88. The molecule has 1 aromatic carbocycles. The molecule has 1 N–H and O–H groups in total. The molecule has 1 atom stereocenters. The molecule has 2 aromatic heterocycles. The lowest BCUT2D eigenvalue weighted by molar-refractivity contribution is 0.243. The first-order chi connectivity index (χ1) is 11.1. The zero-order valence-electron chi connectivity index (χ0n) is 13.3. The second-order valence-electron chi connectivity index (χ2n) is 5.65.